The molecule has 0 spiro atoms. The van der Waals surface area contributed by atoms with E-state index in [4.69, 9.17) is 4.42 Å². The monoisotopic (exact) mass is 330 g/mol. The lowest BCUT2D eigenvalue weighted by atomic mass is 10.1. The predicted molar refractivity (Wildman–Crippen MR) is 80.8 cm³/mol. The number of aryl methyl sites for hydroxylation is 1. The van der Waals surface area contributed by atoms with Gasteiger partial charge in [0.05, 0.1) is 17.5 Å². The van der Waals surface area contributed by atoms with Crippen LogP contribution in [0.1, 0.15) is 16.2 Å². The lowest BCUT2D eigenvalue weighted by Gasteiger charge is -2.09. The summed E-state index contributed by atoms with van der Waals surface area (Å²) in [4.78, 5) is 16.5. The zero-order valence-corrected chi connectivity index (χ0v) is 12.3. The fraction of sp³-hybridized carbons (Fsp3) is 0.0667. The van der Waals surface area contributed by atoms with Crippen LogP contribution in [0.25, 0.3) is 10.9 Å². The van der Waals surface area contributed by atoms with Crippen molar-refractivity contribution < 1.29 is 9.21 Å². The van der Waals surface area contributed by atoms with Crippen molar-refractivity contribution in [1.82, 2.24) is 4.98 Å². The van der Waals surface area contributed by atoms with Crippen molar-refractivity contribution in [2.45, 2.75) is 6.92 Å². The fourth-order valence-corrected chi connectivity index (χ4v) is 2.39. The van der Waals surface area contributed by atoms with Gasteiger partial charge in [0.2, 0.25) is 0 Å². The molecule has 20 heavy (non-hydrogen) atoms. The Morgan fingerprint density at radius 3 is 2.90 bits per heavy atom. The highest BCUT2D eigenvalue weighted by Gasteiger charge is 2.12. The molecule has 0 radical (unpaired) electrons. The minimum Gasteiger partial charge on any atom is -0.459 e. The summed E-state index contributed by atoms with van der Waals surface area (Å²) < 4.78 is 6.03. The number of fused-ring (bicyclic) bond motifs is 1. The Kier molecular flexibility index (Phi) is 3.28. The fourth-order valence-electron chi connectivity index (χ4n) is 2.03. The van der Waals surface area contributed by atoms with Crippen molar-refractivity contribution in [3.63, 3.8) is 0 Å². The second-order valence-electron chi connectivity index (χ2n) is 4.40. The van der Waals surface area contributed by atoms with Crippen LogP contribution < -0.4 is 5.32 Å². The number of nitrogens with one attached hydrogen (secondary N) is 1. The molecule has 0 aliphatic carbocycles. The van der Waals surface area contributed by atoms with E-state index in [0.717, 1.165) is 26.8 Å². The average Bonchev–Trinajstić information content (AvgIpc) is 2.93. The van der Waals surface area contributed by atoms with E-state index in [-0.39, 0.29) is 11.7 Å². The summed E-state index contributed by atoms with van der Waals surface area (Å²) in [6.45, 7) is 1.89. The average molecular weight is 331 g/mol. The number of benzene rings is 1. The van der Waals surface area contributed by atoms with Gasteiger partial charge in [-0.3, -0.25) is 9.78 Å². The third kappa shape index (κ3) is 2.44. The molecule has 4 nitrogen and oxygen atoms in total. The molecule has 1 N–H and O–H groups in total. The molecule has 1 aromatic carbocycles. The number of hydrogen-bond acceptors (Lipinski definition) is 3. The van der Waals surface area contributed by atoms with Gasteiger partial charge in [0.15, 0.2) is 5.76 Å². The normalized spacial score (nSPS) is 10.7. The summed E-state index contributed by atoms with van der Waals surface area (Å²) in [6.07, 6.45) is 1.47. The van der Waals surface area contributed by atoms with E-state index in [2.05, 4.69) is 26.2 Å². The van der Waals surface area contributed by atoms with E-state index in [9.17, 15) is 4.79 Å². The molecular weight excluding hydrogens is 320 g/mol. The third-order valence-electron chi connectivity index (χ3n) is 2.89. The van der Waals surface area contributed by atoms with Gasteiger partial charge in [0.1, 0.15) is 0 Å². The molecule has 3 aromatic rings. The molecule has 1 amide bonds. The number of carbonyl (C=O) groups excluding carboxylic acids is 1. The largest absolute Gasteiger partial charge is 0.459 e. The summed E-state index contributed by atoms with van der Waals surface area (Å²) in [5.74, 6) is 0.00416. The van der Waals surface area contributed by atoms with Crippen molar-refractivity contribution in [1.29, 1.82) is 0 Å². The van der Waals surface area contributed by atoms with Crippen LogP contribution >= 0.6 is 15.9 Å². The van der Waals surface area contributed by atoms with E-state index in [1.54, 1.807) is 12.1 Å². The number of aromatic nitrogens is 1. The van der Waals surface area contributed by atoms with E-state index >= 15 is 0 Å². The maximum Gasteiger partial charge on any atom is 0.291 e. The number of pyridine rings is 1. The minimum atomic E-state index is -0.276. The lowest BCUT2D eigenvalue weighted by molar-refractivity contribution is 0.0997. The van der Waals surface area contributed by atoms with Gasteiger partial charge in [-0.25, -0.2) is 0 Å². The smallest absolute Gasteiger partial charge is 0.291 e. The number of nitrogens with zero attached hydrogens (tertiary/aromatic N) is 1. The number of halogens is 1. The Hall–Kier alpha value is -2.14. The predicted octanol–water partition coefficient (Wildman–Crippen LogP) is 4.15. The van der Waals surface area contributed by atoms with Crippen LogP contribution in [0.2, 0.25) is 0 Å². The molecule has 0 aliphatic heterocycles. The third-order valence-corrected chi connectivity index (χ3v) is 3.39. The van der Waals surface area contributed by atoms with Crippen molar-refractivity contribution in [2.75, 3.05) is 5.32 Å². The molecule has 5 heteroatoms. The molecule has 0 atom stereocenters. The first-order chi connectivity index (χ1) is 9.63. The highest BCUT2D eigenvalue weighted by Crippen LogP contribution is 2.26. The zero-order chi connectivity index (χ0) is 14.1. The van der Waals surface area contributed by atoms with E-state index in [0.29, 0.717) is 0 Å². The highest BCUT2D eigenvalue weighted by molar-refractivity contribution is 9.10. The van der Waals surface area contributed by atoms with Gasteiger partial charge in [-0.1, -0.05) is 15.9 Å². The van der Waals surface area contributed by atoms with Crippen LogP contribution in [0.15, 0.2) is 51.6 Å². The Morgan fingerprint density at radius 2 is 2.15 bits per heavy atom. The molecule has 0 saturated heterocycles. The highest BCUT2D eigenvalue weighted by atomic mass is 79.9. The van der Waals surface area contributed by atoms with Crippen LogP contribution in [-0.4, -0.2) is 10.9 Å². The summed E-state index contributed by atoms with van der Waals surface area (Å²) in [5, 5.41) is 3.74. The van der Waals surface area contributed by atoms with Crippen LogP contribution in [0.5, 0.6) is 0 Å². The first kappa shape index (κ1) is 12.9. The van der Waals surface area contributed by atoms with Gasteiger partial charge >= 0.3 is 0 Å². The Balaban J connectivity index is 2.06. The molecule has 0 unspecified atom stereocenters. The van der Waals surface area contributed by atoms with Gasteiger partial charge < -0.3 is 9.73 Å². The van der Waals surface area contributed by atoms with Crippen LogP contribution in [0, 0.1) is 6.92 Å². The van der Waals surface area contributed by atoms with Crippen molar-refractivity contribution in [3.8, 4) is 0 Å². The molecule has 2 heterocycles. The van der Waals surface area contributed by atoms with Gasteiger partial charge in [-0.05, 0) is 43.3 Å². The number of furan rings is 1. The topological polar surface area (TPSA) is 55.1 Å². The molecule has 0 saturated carbocycles. The number of rotatable bonds is 2. The summed E-state index contributed by atoms with van der Waals surface area (Å²) in [6, 6.07) is 10.9. The van der Waals surface area contributed by atoms with Gasteiger partial charge in [-0.2, -0.15) is 0 Å². The molecule has 0 bridgehead atoms. The van der Waals surface area contributed by atoms with Crippen molar-refractivity contribution >= 4 is 38.4 Å². The maximum atomic E-state index is 12.1. The number of carbonyl (C=O) groups is 1. The van der Waals surface area contributed by atoms with Crippen LogP contribution in [0.3, 0.4) is 0 Å². The Bertz CT molecular complexity index is 782. The molecule has 3 rings (SSSR count). The SMILES string of the molecule is Cc1cc(NC(=O)c2ccco2)c2cc(Br)ccc2n1. The molecular formula is C15H11BrN2O2. The number of anilines is 1. The van der Waals surface area contributed by atoms with Gasteiger partial charge in [-0.15, -0.1) is 0 Å². The van der Waals surface area contributed by atoms with E-state index in [1.165, 1.54) is 6.26 Å². The van der Waals surface area contributed by atoms with Crippen molar-refractivity contribution in [3.05, 3.63) is 58.6 Å². The Morgan fingerprint density at radius 1 is 1.30 bits per heavy atom. The maximum absolute atomic E-state index is 12.1. The summed E-state index contributed by atoms with van der Waals surface area (Å²) in [7, 11) is 0. The van der Waals surface area contributed by atoms with E-state index in [1.807, 2.05) is 31.2 Å². The second-order valence-corrected chi connectivity index (χ2v) is 5.32. The van der Waals surface area contributed by atoms with Crippen LogP contribution in [-0.2, 0) is 0 Å². The molecule has 100 valence electrons. The molecule has 2 aromatic heterocycles. The zero-order valence-electron chi connectivity index (χ0n) is 10.7. The number of amides is 1. The van der Waals surface area contributed by atoms with Crippen LogP contribution in [0.4, 0.5) is 5.69 Å². The minimum absolute atomic E-state index is 0.276. The summed E-state index contributed by atoms with van der Waals surface area (Å²) >= 11 is 3.43. The summed E-state index contributed by atoms with van der Waals surface area (Å²) in [5.41, 5.74) is 2.40. The number of hydrogen-bond donors (Lipinski definition) is 1. The van der Waals surface area contributed by atoms with Gasteiger partial charge in [0, 0.05) is 15.6 Å². The molecule has 0 aliphatic rings. The Labute approximate surface area is 123 Å². The first-order valence-electron chi connectivity index (χ1n) is 6.05. The van der Waals surface area contributed by atoms with E-state index < -0.39 is 0 Å². The second kappa shape index (κ2) is 5.09. The van der Waals surface area contributed by atoms with Gasteiger partial charge in [0.25, 0.3) is 5.91 Å². The standard InChI is InChI=1S/C15H11BrN2O2/c1-9-7-13(18-15(19)14-3-2-6-20-14)11-8-10(16)4-5-12(11)17-9/h2-8H,1H3,(H,17,18,19). The quantitative estimate of drug-likeness (QED) is 0.767. The molecule has 0 fully saturated rings. The van der Waals surface area contributed by atoms with Crippen molar-refractivity contribution in [2.24, 2.45) is 0 Å². The first-order valence-corrected chi connectivity index (χ1v) is 6.84. The lowest BCUT2D eigenvalue weighted by Crippen LogP contribution is -2.11.